The molecule has 0 aliphatic rings. The number of rotatable bonds is 1. The van der Waals surface area contributed by atoms with Gasteiger partial charge in [-0.2, -0.15) is 0 Å². The first-order valence-corrected chi connectivity index (χ1v) is 5.15. The van der Waals surface area contributed by atoms with Crippen LogP contribution in [0.2, 0.25) is 0 Å². The molecule has 0 aliphatic carbocycles. The summed E-state index contributed by atoms with van der Waals surface area (Å²) in [6.07, 6.45) is 1.26. The van der Waals surface area contributed by atoms with Gasteiger partial charge in [-0.3, -0.25) is 9.89 Å². The molecule has 0 radical (unpaired) electrons. The maximum absolute atomic E-state index is 11.8. The number of carboxylic acids is 1. The molecule has 0 saturated carbocycles. The second-order valence-electron chi connectivity index (χ2n) is 4.88. The SMILES string of the molecule is CC(C)(C)c1cc(=O)n2[nH]cc(C(=O)O)c2n1. The number of aromatic nitrogens is 3. The van der Waals surface area contributed by atoms with Gasteiger partial charge in [-0.25, -0.2) is 14.3 Å². The molecule has 0 saturated heterocycles. The number of carbonyl (C=O) groups is 1. The largest absolute Gasteiger partial charge is 0.477 e. The number of nitrogens with zero attached hydrogens (tertiary/aromatic N) is 2. The van der Waals surface area contributed by atoms with Crippen molar-refractivity contribution in [2.24, 2.45) is 0 Å². The molecular weight excluding hydrogens is 222 g/mol. The zero-order chi connectivity index (χ0) is 12.8. The summed E-state index contributed by atoms with van der Waals surface area (Å²) in [4.78, 5) is 27.0. The third-order valence-electron chi connectivity index (χ3n) is 2.50. The van der Waals surface area contributed by atoms with E-state index in [0.717, 1.165) is 4.52 Å². The van der Waals surface area contributed by atoms with Gasteiger partial charge in [0.05, 0.1) is 5.69 Å². The Kier molecular flexibility index (Phi) is 2.30. The average Bonchev–Trinajstić information content (AvgIpc) is 2.60. The van der Waals surface area contributed by atoms with Crippen LogP contribution >= 0.6 is 0 Å². The maximum atomic E-state index is 11.8. The Morgan fingerprint density at radius 1 is 1.47 bits per heavy atom. The van der Waals surface area contributed by atoms with Crippen LogP contribution in [-0.4, -0.2) is 25.7 Å². The summed E-state index contributed by atoms with van der Waals surface area (Å²) in [6, 6.07) is 1.41. The lowest BCUT2D eigenvalue weighted by atomic mass is 9.92. The molecule has 17 heavy (non-hydrogen) atoms. The highest BCUT2D eigenvalue weighted by atomic mass is 16.4. The maximum Gasteiger partial charge on any atom is 0.341 e. The Labute approximate surface area is 96.9 Å². The number of aromatic amines is 1. The van der Waals surface area contributed by atoms with E-state index in [4.69, 9.17) is 5.11 Å². The zero-order valence-corrected chi connectivity index (χ0v) is 9.81. The van der Waals surface area contributed by atoms with E-state index in [1.807, 2.05) is 20.8 Å². The van der Waals surface area contributed by atoms with Crippen molar-refractivity contribution in [3.05, 3.63) is 33.9 Å². The molecule has 2 N–H and O–H groups in total. The van der Waals surface area contributed by atoms with Gasteiger partial charge < -0.3 is 5.11 Å². The molecule has 2 rings (SSSR count). The average molecular weight is 235 g/mol. The van der Waals surface area contributed by atoms with Crippen molar-refractivity contribution in [2.45, 2.75) is 26.2 Å². The van der Waals surface area contributed by atoms with Gasteiger partial charge in [0.15, 0.2) is 5.65 Å². The monoisotopic (exact) mass is 235 g/mol. The summed E-state index contributed by atoms with van der Waals surface area (Å²) in [5.41, 5.74) is 0.0983. The number of hydrogen-bond acceptors (Lipinski definition) is 3. The van der Waals surface area contributed by atoms with E-state index >= 15 is 0 Å². The van der Waals surface area contributed by atoms with Crippen molar-refractivity contribution < 1.29 is 9.90 Å². The van der Waals surface area contributed by atoms with E-state index in [9.17, 15) is 9.59 Å². The fourth-order valence-electron chi connectivity index (χ4n) is 1.52. The van der Waals surface area contributed by atoms with Crippen LogP contribution in [-0.2, 0) is 5.41 Å². The molecular formula is C11H13N3O3. The van der Waals surface area contributed by atoms with Gasteiger partial charge in [0, 0.05) is 17.7 Å². The van der Waals surface area contributed by atoms with E-state index in [0.29, 0.717) is 5.69 Å². The highest BCUT2D eigenvalue weighted by Gasteiger charge is 2.20. The fourth-order valence-corrected chi connectivity index (χ4v) is 1.52. The lowest BCUT2D eigenvalue weighted by molar-refractivity contribution is 0.0698. The molecule has 0 bridgehead atoms. The Morgan fingerprint density at radius 3 is 2.65 bits per heavy atom. The normalized spacial score (nSPS) is 11.9. The molecule has 0 amide bonds. The Balaban J connectivity index is 2.83. The predicted octanol–water partition coefficient (Wildman–Crippen LogP) is 1.02. The molecule has 0 fully saturated rings. The number of carboxylic acid groups (broad SMARTS) is 1. The number of aromatic carboxylic acids is 1. The third kappa shape index (κ3) is 1.82. The topological polar surface area (TPSA) is 87.5 Å². The molecule has 0 atom stereocenters. The van der Waals surface area contributed by atoms with Gasteiger partial charge in [-0.15, -0.1) is 0 Å². The van der Waals surface area contributed by atoms with E-state index in [1.54, 1.807) is 0 Å². The summed E-state index contributed by atoms with van der Waals surface area (Å²) >= 11 is 0. The molecule has 6 nitrogen and oxygen atoms in total. The highest BCUT2D eigenvalue weighted by Crippen LogP contribution is 2.19. The minimum atomic E-state index is -1.11. The summed E-state index contributed by atoms with van der Waals surface area (Å²) < 4.78 is 1.12. The fraction of sp³-hybridized carbons (Fsp3) is 0.364. The molecule has 0 aliphatic heterocycles. The second-order valence-corrected chi connectivity index (χ2v) is 4.88. The first kappa shape index (κ1) is 11.4. The first-order valence-electron chi connectivity index (χ1n) is 5.15. The van der Waals surface area contributed by atoms with Crippen molar-refractivity contribution in [1.82, 2.24) is 14.6 Å². The molecule has 0 aromatic carbocycles. The van der Waals surface area contributed by atoms with Gasteiger partial charge in [-0.05, 0) is 0 Å². The van der Waals surface area contributed by atoms with Gasteiger partial charge >= 0.3 is 5.97 Å². The van der Waals surface area contributed by atoms with Crippen LogP contribution in [0.4, 0.5) is 0 Å². The Bertz CT molecular complexity index is 646. The smallest absolute Gasteiger partial charge is 0.341 e. The molecule has 0 unspecified atom stereocenters. The van der Waals surface area contributed by atoms with E-state index in [2.05, 4.69) is 10.1 Å². The van der Waals surface area contributed by atoms with E-state index < -0.39 is 5.97 Å². The minimum absolute atomic E-state index is 0.00630. The van der Waals surface area contributed by atoms with Gasteiger partial charge in [0.25, 0.3) is 5.56 Å². The van der Waals surface area contributed by atoms with Crippen LogP contribution in [0.25, 0.3) is 5.65 Å². The Morgan fingerprint density at radius 2 is 2.12 bits per heavy atom. The van der Waals surface area contributed by atoms with Crippen molar-refractivity contribution in [3.8, 4) is 0 Å². The van der Waals surface area contributed by atoms with Gasteiger partial charge in [-0.1, -0.05) is 20.8 Å². The number of fused-ring (bicyclic) bond motifs is 1. The first-order chi connectivity index (χ1) is 7.80. The molecule has 2 heterocycles. The molecule has 90 valence electrons. The van der Waals surface area contributed by atoms with Crippen molar-refractivity contribution in [2.75, 3.05) is 0 Å². The molecule has 0 spiro atoms. The van der Waals surface area contributed by atoms with Crippen molar-refractivity contribution >= 4 is 11.6 Å². The van der Waals surface area contributed by atoms with E-state index in [-0.39, 0.29) is 22.2 Å². The molecule has 6 heteroatoms. The van der Waals surface area contributed by atoms with Crippen molar-refractivity contribution in [3.63, 3.8) is 0 Å². The van der Waals surface area contributed by atoms with Crippen LogP contribution in [0.5, 0.6) is 0 Å². The van der Waals surface area contributed by atoms with E-state index in [1.165, 1.54) is 12.3 Å². The van der Waals surface area contributed by atoms with Crippen LogP contribution in [0.1, 0.15) is 36.8 Å². The second kappa shape index (κ2) is 3.44. The predicted molar refractivity (Wildman–Crippen MR) is 61.5 cm³/mol. The van der Waals surface area contributed by atoms with Crippen LogP contribution in [0.3, 0.4) is 0 Å². The van der Waals surface area contributed by atoms with Crippen LogP contribution in [0.15, 0.2) is 17.1 Å². The third-order valence-corrected chi connectivity index (χ3v) is 2.50. The van der Waals surface area contributed by atoms with Gasteiger partial charge in [0.2, 0.25) is 0 Å². The number of hydrogen-bond donors (Lipinski definition) is 2. The lowest BCUT2D eigenvalue weighted by Gasteiger charge is -2.16. The number of nitrogens with one attached hydrogen (secondary N) is 1. The quantitative estimate of drug-likeness (QED) is 0.772. The standard InChI is InChI=1S/C11H13N3O3/c1-11(2,3)7-4-8(15)14-9(13-7)6(5-12-14)10(16)17/h4-5,12H,1-3H3,(H,16,17). The summed E-state index contributed by atoms with van der Waals surface area (Å²) in [5.74, 6) is -1.11. The lowest BCUT2D eigenvalue weighted by Crippen LogP contribution is -2.22. The summed E-state index contributed by atoms with van der Waals surface area (Å²) in [7, 11) is 0. The highest BCUT2D eigenvalue weighted by molar-refractivity contribution is 5.94. The van der Waals surface area contributed by atoms with Crippen LogP contribution in [0, 0.1) is 0 Å². The number of H-pyrrole nitrogens is 1. The Hall–Kier alpha value is -2.11. The summed E-state index contributed by atoms with van der Waals surface area (Å²) in [5, 5.41) is 11.6. The zero-order valence-electron chi connectivity index (χ0n) is 9.81. The van der Waals surface area contributed by atoms with Crippen LogP contribution < -0.4 is 5.56 Å². The minimum Gasteiger partial charge on any atom is -0.477 e. The molecule has 2 aromatic heterocycles. The van der Waals surface area contributed by atoms with Gasteiger partial charge in [0.1, 0.15) is 5.56 Å². The van der Waals surface area contributed by atoms with Crippen molar-refractivity contribution in [1.29, 1.82) is 0 Å². The summed E-state index contributed by atoms with van der Waals surface area (Å²) in [6.45, 7) is 5.75. The molecule has 2 aromatic rings.